The normalized spacial score (nSPS) is 10.4. The van der Waals surface area contributed by atoms with Crippen molar-refractivity contribution < 1.29 is 0 Å². The van der Waals surface area contributed by atoms with Crippen LogP contribution in [0.1, 0.15) is 0 Å². The SMILES string of the molecule is Cl.Cl.NCCN(c1cc(-c2ccc(-c3ccccc3)cc2)[nH]n1)c1cc(-c2ccc(-c3ccccc3)cc2)[nH]n1. The van der Waals surface area contributed by atoms with Crippen molar-refractivity contribution in [1.82, 2.24) is 20.4 Å². The van der Waals surface area contributed by atoms with E-state index in [0.717, 1.165) is 34.2 Å². The maximum Gasteiger partial charge on any atom is 0.156 e. The Morgan fingerprint density at radius 3 is 1.23 bits per heavy atom. The van der Waals surface area contributed by atoms with E-state index in [2.05, 4.69) is 117 Å². The van der Waals surface area contributed by atoms with Crippen LogP contribution in [-0.2, 0) is 0 Å². The van der Waals surface area contributed by atoms with Gasteiger partial charge in [0, 0.05) is 25.2 Å². The van der Waals surface area contributed by atoms with Gasteiger partial charge in [-0.2, -0.15) is 10.2 Å². The predicted octanol–water partition coefficient (Wildman–Crippen LogP) is 7.74. The van der Waals surface area contributed by atoms with Crippen LogP contribution in [0.5, 0.6) is 0 Å². The van der Waals surface area contributed by atoms with E-state index in [-0.39, 0.29) is 24.8 Å². The van der Waals surface area contributed by atoms with E-state index in [4.69, 9.17) is 5.73 Å². The standard InChI is InChI=1S/C32H28N6.2ClH/c33-19-20-38(31-21-29(34-36-31)27-15-11-25(12-16-27)23-7-3-1-4-8-23)32-22-30(35-37-32)28-17-13-26(14-18-28)24-9-5-2-6-10-24;;/h1-18,21-22H,19-20,33H2,(H,34,36)(H,35,37);2*1H. The molecule has 0 radical (unpaired) electrons. The van der Waals surface area contributed by atoms with Crippen molar-refractivity contribution in [3.63, 3.8) is 0 Å². The predicted molar refractivity (Wildman–Crippen MR) is 169 cm³/mol. The quantitative estimate of drug-likeness (QED) is 0.175. The molecule has 0 aliphatic rings. The monoisotopic (exact) mass is 568 g/mol. The Morgan fingerprint density at radius 2 is 0.850 bits per heavy atom. The van der Waals surface area contributed by atoms with Crippen molar-refractivity contribution in [3.8, 4) is 44.8 Å². The highest BCUT2D eigenvalue weighted by Crippen LogP contribution is 2.31. The van der Waals surface area contributed by atoms with Crippen LogP contribution in [0, 0.1) is 0 Å². The first-order valence-corrected chi connectivity index (χ1v) is 12.7. The summed E-state index contributed by atoms with van der Waals surface area (Å²) in [6.45, 7) is 1.07. The Bertz CT molecular complexity index is 1490. The summed E-state index contributed by atoms with van der Waals surface area (Å²) < 4.78 is 0. The lowest BCUT2D eigenvalue weighted by Gasteiger charge is -2.17. The third-order valence-electron chi connectivity index (χ3n) is 6.64. The number of hydrogen-bond donors (Lipinski definition) is 3. The van der Waals surface area contributed by atoms with Gasteiger partial charge in [-0.1, -0.05) is 109 Å². The molecule has 0 amide bonds. The highest BCUT2D eigenvalue weighted by molar-refractivity contribution is 5.85. The van der Waals surface area contributed by atoms with Gasteiger partial charge >= 0.3 is 0 Å². The Balaban J connectivity index is 0.00000185. The van der Waals surface area contributed by atoms with Crippen LogP contribution in [0.2, 0.25) is 0 Å². The van der Waals surface area contributed by atoms with Crippen LogP contribution in [0.4, 0.5) is 11.6 Å². The highest BCUT2D eigenvalue weighted by Gasteiger charge is 2.17. The Labute approximate surface area is 246 Å². The fraction of sp³-hybridized carbons (Fsp3) is 0.0625. The number of H-pyrrole nitrogens is 2. The minimum atomic E-state index is 0. The lowest BCUT2D eigenvalue weighted by atomic mass is 10.0. The molecule has 0 unspecified atom stereocenters. The number of nitrogens with zero attached hydrogens (tertiary/aromatic N) is 3. The van der Waals surface area contributed by atoms with Gasteiger partial charge in [-0.3, -0.25) is 10.2 Å². The van der Waals surface area contributed by atoms with Gasteiger partial charge in [0.2, 0.25) is 0 Å². The van der Waals surface area contributed by atoms with E-state index in [1.54, 1.807) is 0 Å². The summed E-state index contributed by atoms with van der Waals surface area (Å²) in [6, 6.07) is 41.8. The summed E-state index contributed by atoms with van der Waals surface area (Å²) >= 11 is 0. The zero-order valence-electron chi connectivity index (χ0n) is 21.7. The molecule has 0 aliphatic carbocycles. The minimum absolute atomic E-state index is 0. The molecule has 6 aromatic rings. The summed E-state index contributed by atoms with van der Waals surface area (Å²) in [6.07, 6.45) is 0. The maximum absolute atomic E-state index is 5.97. The first-order chi connectivity index (χ1) is 18.8. The van der Waals surface area contributed by atoms with Crippen LogP contribution in [0.25, 0.3) is 44.8 Å². The highest BCUT2D eigenvalue weighted by atomic mass is 35.5. The van der Waals surface area contributed by atoms with Crippen molar-refractivity contribution in [2.75, 3.05) is 18.0 Å². The van der Waals surface area contributed by atoms with Crippen molar-refractivity contribution in [3.05, 3.63) is 121 Å². The third-order valence-corrected chi connectivity index (χ3v) is 6.64. The van der Waals surface area contributed by atoms with Gasteiger partial charge in [-0.05, 0) is 33.4 Å². The summed E-state index contributed by atoms with van der Waals surface area (Å²) in [4.78, 5) is 2.02. The number of aromatic nitrogens is 4. The lowest BCUT2D eigenvalue weighted by Crippen LogP contribution is -2.25. The van der Waals surface area contributed by atoms with Crippen LogP contribution in [0.15, 0.2) is 121 Å². The molecule has 0 saturated carbocycles. The third kappa shape index (κ3) is 6.10. The second kappa shape index (κ2) is 13.1. The molecular formula is C32H30Cl2N6. The number of hydrogen-bond acceptors (Lipinski definition) is 4. The molecule has 0 bridgehead atoms. The summed E-state index contributed by atoms with van der Waals surface area (Å²) in [5, 5.41) is 15.5. The average Bonchev–Trinajstić information content (AvgIpc) is 3.68. The molecule has 202 valence electrons. The second-order valence-electron chi connectivity index (χ2n) is 9.11. The fourth-order valence-electron chi connectivity index (χ4n) is 4.62. The molecule has 0 aliphatic heterocycles. The molecule has 0 saturated heterocycles. The molecule has 0 fully saturated rings. The van der Waals surface area contributed by atoms with Gasteiger partial charge in [0.25, 0.3) is 0 Å². The molecule has 6 rings (SSSR count). The molecule has 40 heavy (non-hydrogen) atoms. The van der Waals surface area contributed by atoms with E-state index in [0.29, 0.717) is 13.1 Å². The van der Waals surface area contributed by atoms with E-state index in [1.165, 1.54) is 22.3 Å². The number of halogens is 2. The van der Waals surface area contributed by atoms with Crippen molar-refractivity contribution >= 4 is 36.4 Å². The molecule has 6 nitrogen and oxygen atoms in total. The lowest BCUT2D eigenvalue weighted by molar-refractivity contribution is 0.875. The summed E-state index contributed by atoms with van der Waals surface area (Å²) in [7, 11) is 0. The molecule has 0 spiro atoms. The number of aromatic amines is 2. The number of nitrogens with two attached hydrogens (primary N) is 1. The largest absolute Gasteiger partial charge is 0.329 e. The molecule has 2 aromatic heterocycles. The van der Waals surface area contributed by atoms with Gasteiger partial charge in [-0.15, -0.1) is 24.8 Å². The maximum atomic E-state index is 5.97. The fourth-order valence-corrected chi connectivity index (χ4v) is 4.62. The van der Waals surface area contributed by atoms with Crippen LogP contribution < -0.4 is 10.6 Å². The van der Waals surface area contributed by atoms with Crippen LogP contribution >= 0.6 is 24.8 Å². The van der Waals surface area contributed by atoms with Gasteiger partial charge in [0.1, 0.15) is 0 Å². The molecule has 4 aromatic carbocycles. The topological polar surface area (TPSA) is 86.6 Å². The Hall–Kier alpha value is -4.36. The van der Waals surface area contributed by atoms with E-state index >= 15 is 0 Å². The number of anilines is 2. The van der Waals surface area contributed by atoms with Crippen molar-refractivity contribution in [2.24, 2.45) is 5.73 Å². The van der Waals surface area contributed by atoms with Crippen molar-refractivity contribution in [1.29, 1.82) is 0 Å². The van der Waals surface area contributed by atoms with Crippen LogP contribution in [-0.4, -0.2) is 33.5 Å². The van der Waals surface area contributed by atoms with E-state index < -0.39 is 0 Å². The van der Waals surface area contributed by atoms with E-state index in [1.807, 2.05) is 29.2 Å². The molecule has 0 atom stereocenters. The molecular weight excluding hydrogens is 539 g/mol. The smallest absolute Gasteiger partial charge is 0.156 e. The van der Waals surface area contributed by atoms with Gasteiger partial charge in [0.15, 0.2) is 11.6 Å². The van der Waals surface area contributed by atoms with Gasteiger partial charge in [-0.25, -0.2) is 0 Å². The molecule has 8 heteroatoms. The zero-order valence-corrected chi connectivity index (χ0v) is 23.3. The summed E-state index contributed by atoms with van der Waals surface area (Å²) in [5.41, 5.74) is 14.7. The molecule has 2 heterocycles. The Kier molecular flexibility index (Phi) is 9.40. The number of rotatable bonds is 8. The van der Waals surface area contributed by atoms with Crippen molar-refractivity contribution in [2.45, 2.75) is 0 Å². The zero-order chi connectivity index (χ0) is 25.7. The van der Waals surface area contributed by atoms with Gasteiger partial charge < -0.3 is 10.6 Å². The molecule has 4 N–H and O–H groups in total. The average molecular weight is 570 g/mol. The first kappa shape index (κ1) is 28.6. The summed E-state index contributed by atoms with van der Waals surface area (Å²) in [5.74, 6) is 1.55. The minimum Gasteiger partial charge on any atom is -0.329 e. The second-order valence-corrected chi connectivity index (χ2v) is 9.11. The van der Waals surface area contributed by atoms with Gasteiger partial charge in [0.05, 0.1) is 11.4 Å². The first-order valence-electron chi connectivity index (χ1n) is 12.7. The van der Waals surface area contributed by atoms with E-state index in [9.17, 15) is 0 Å². The van der Waals surface area contributed by atoms with Crippen LogP contribution in [0.3, 0.4) is 0 Å². The number of nitrogens with one attached hydrogen (secondary N) is 2. The Morgan fingerprint density at radius 1 is 0.500 bits per heavy atom. The number of benzene rings is 4.